The molecule has 7 nitrogen and oxygen atoms in total. The molecule has 3 aromatic rings. The summed E-state index contributed by atoms with van der Waals surface area (Å²) in [6, 6.07) is 15.4. The van der Waals surface area contributed by atoms with E-state index in [-0.39, 0.29) is 5.90 Å². The summed E-state index contributed by atoms with van der Waals surface area (Å²) in [6.07, 6.45) is 0. The molecule has 1 aromatic heterocycles. The Labute approximate surface area is 139 Å². The molecule has 122 valence electrons. The van der Waals surface area contributed by atoms with Crippen molar-refractivity contribution in [1.29, 1.82) is 0 Å². The molecule has 0 saturated heterocycles. The Morgan fingerprint density at radius 2 is 2.04 bits per heavy atom. The molecule has 0 unspecified atom stereocenters. The van der Waals surface area contributed by atoms with Gasteiger partial charge in [-0.1, -0.05) is 30.3 Å². The third-order valence-electron chi connectivity index (χ3n) is 3.51. The van der Waals surface area contributed by atoms with Crippen LogP contribution in [-0.2, 0) is 11.3 Å². The lowest BCUT2D eigenvalue weighted by Crippen LogP contribution is -2.19. The molecule has 0 atom stereocenters. The maximum atomic E-state index is 5.82. The summed E-state index contributed by atoms with van der Waals surface area (Å²) in [7, 11) is 0. The number of nitrogens with two attached hydrogens (primary N) is 2. The normalized spacial score (nSPS) is 11.4. The SMILES string of the molecule is C=C(NCc1ccccc1)O/C(=N\N)c1ccc2[nH]nc(N)c2c1. The summed E-state index contributed by atoms with van der Waals surface area (Å²) in [5.74, 6) is 6.45. The van der Waals surface area contributed by atoms with Crippen molar-refractivity contribution in [3.05, 3.63) is 72.1 Å². The zero-order valence-corrected chi connectivity index (χ0v) is 13.0. The highest BCUT2D eigenvalue weighted by molar-refractivity contribution is 6.00. The van der Waals surface area contributed by atoms with E-state index in [4.69, 9.17) is 16.3 Å². The van der Waals surface area contributed by atoms with Crippen molar-refractivity contribution in [1.82, 2.24) is 15.5 Å². The zero-order valence-electron chi connectivity index (χ0n) is 13.0. The number of nitrogens with zero attached hydrogens (tertiary/aromatic N) is 2. The van der Waals surface area contributed by atoms with Gasteiger partial charge in [-0.3, -0.25) is 5.10 Å². The molecule has 0 fully saturated rings. The first-order valence-corrected chi connectivity index (χ1v) is 7.34. The quantitative estimate of drug-likeness (QED) is 0.189. The number of benzene rings is 2. The van der Waals surface area contributed by atoms with Crippen molar-refractivity contribution in [2.75, 3.05) is 5.73 Å². The Hall–Kier alpha value is -3.48. The average Bonchev–Trinajstić information content (AvgIpc) is 2.99. The standard InChI is InChI=1S/C17H18N6O/c1-11(20-10-12-5-3-2-4-6-12)24-17(21-19)13-7-8-15-14(9-13)16(18)23-22-15/h2-9,20H,1,10,19H2,(H3,18,22,23)/b21-17-. The van der Waals surface area contributed by atoms with Crippen LogP contribution in [0.3, 0.4) is 0 Å². The van der Waals surface area contributed by atoms with Crippen LogP contribution in [0.2, 0.25) is 0 Å². The van der Waals surface area contributed by atoms with E-state index in [2.05, 4.69) is 27.2 Å². The van der Waals surface area contributed by atoms with Gasteiger partial charge in [-0.2, -0.15) is 5.10 Å². The predicted molar refractivity (Wildman–Crippen MR) is 94.7 cm³/mol. The fourth-order valence-corrected chi connectivity index (χ4v) is 2.28. The Morgan fingerprint density at radius 3 is 2.79 bits per heavy atom. The number of nitrogen functional groups attached to an aromatic ring is 1. The molecule has 0 aliphatic carbocycles. The first kappa shape index (κ1) is 15.4. The van der Waals surface area contributed by atoms with Crippen molar-refractivity contribution in [3.8, 4) is 0 Å². The molecular weight excluding hydrogens is 304 g/mol. The van der Waals surface area contributed by atoms with E-state index in [0.717, 1.165) is 16.5 Å². The summed E-state index contributed by atoms with van der Waals surface area (Å²) < 4.78 is 5.62. The van der Waals surface area contributed by atoms with E-state index in [1.54, 1.807) is 0 Å². The van der Waals surface area contributed by atoms with Crippen molar-refractivity contribution >= 4 is 22.6 Å². The number of H-pyrrole nitrogens is 1. The molecule has 0 radical (unpaired) electrons. The maximum absolute atomic E-state index is 5.82. The van der Waals surface area contributed by atoms with Gasteiger partial charge in [-0.25, -0.2) is 0 Å². The minimum absolute atomic E-state index is 0.239. The number of rotatable bonds is 5. The number of hydrogen-bond donors (Lipinski definition) is 4. The Kier molecular flexibility index (Phi) is 4.33. The monoisotopic (exact) mass is 322 g/mol. The van der Waals surface area contributed by atoms with Gasteiger partial charge >= 0.3 is 0 Å². The third-order valence-corrected chi connectivity index (χ3v) is 3.51. The average molecular weight is 322 g/mol. The van der Waals surface area contributed by atoms with Crippen LogP contribution in [0.1, 0.15) is 11.1 Å². The van der Waals surface area contributed by atoms with Crippen LogP contribution >= 0.6 is 0 Å². The van der Waals surface area contributed by atoms with Crippen molar-refractivity contribution in [2.24, 2.45) is 10.9 Å². The van der Waals surface area contributed by atoms with Gasteiger partial charge in [-0.05, 0) is 30.3 Å². The van der Waals surface area contributed by atoms with Crippen LogP contribution < -0.4 is 16.9 Å². The van der Waals surface area contributed by atoms with Crippen LogP contribution in [0.5, 0.6) is 0 Å². The van der Waals surface area contributed by atoms with Crippen LogP contribution in [-0.4, -0.2) is 16.1 Å². The van der Waals surface area contributed by atoms with Gasteiger partial charge in [0.15, 0.2) is 11.7 Å². The number of anilines is 1. The highest BCUT2D eigenvalue weighted by Crippen LogP contribution is 2.20. The third kappa shape index (κ3) is 3.30. The second-order valence-corrected chi connectivity index (χ2v) is 5.17. The van der Waals surface area contributed by atoms with E-state index >= 15 is 0 Å². The lowest BCUT2D eigenvalue weighted by molar-refractivity contribution is 0.371. The number of ether oxygens (including phenoxy) is 1. The Bertz CT molecular complexity index is 884. The van der Waals surface area contributed by atoms with Crippen molar-refractivity contribution in [2.45, 2.75) is 6.54 Å². The Balaban J connectivity index is 1.69. The maximum Gasteiger partial charge on any atom is 0.244 e. The van der Waals surface area contributed by atoms with E-state index in [1.165, 1.54) is 0 Å². The fourth-order valence-electron chi connectivity index (χ4n) is 2.28. The van der Waals surface area contributed by atoms with Crippen LogP contribution in [0.4, 0.5) is 5.82 Å². The lowest BCUT2D eigenvalue weighted by atomic mass is 10.1. The van der Waals surface area contributed by atoms with Gasteiger partial charge in [0.1, 0.15) is 0 Å². The number of fused-ring (bicyclic) bond motifs is 1. The molecule has 0 bridgehead atoms. The van der Waals surface area contributed by atoms with E-state index in [9.17, 15) is 0 Å². The van der Waals surface area contributed by atoms with Gasteiger partial charge in [-0.15, -0.1) is 5.10 Å². The summed E-state index contributed by atoms with van der Waals surface area (Å²) in [5, 5.41) is 14.3. The number of hydrazone groups is 1. The second kappa shape index (κ2) is 6.74. The molecule has 0 aliphatic rings. The number of aromatic nitrogens is 2. The van der Waals surface area contributed by atoms with E-state index < -0.39 is 0 Å². The first-order chi connectivity index (χ1) is 11.7. The van der Waals surface area contributed by atoms with Gasteiger partial charge in [0, 0.05) is 17.5 Å². The van der Waals surface area contributed by atoms with Crippen LogP contribution in [0, 0.1) is 0 Å². The van der Waals surface area contributed by atoms with Crippen molar-refractivity contribution < 1.29 is 4.74 Å². The molecule has 3 rings (SSSR count). The minimum Gasteiger partial charge on any atom is -0.422 e. The van der Waals surface area contributed by atoms with Gasteiger partial charge in [0.2, 0.25) is 5.90 Å². The molecule has 2 aromatic carbocycles. The van der Waals surface area contributed by atoms with Gasteiger partial charge < -0.3 is 21.6 Å². The molecule has 6 N–H and O–H groups in total. The summed E-state index contributed by atoms with van der Waals surface area (Å²) in [6.45, 7) is 4.43. The summed E-state index contributed by atoms with van der Waals surface area (Å²) >= 11 is 0. The van der Waals surface area contributed by atoms with E-state index in [1.807, 2.05) is 48.5 Å². The summed E-state index contributed by atoms with van der Waals surface area (Å²) in [5.41, 5.74) is 8.44. The highest BCUT2D eigenvalue weighted by atomic mass is 16.5. The molecule has 24 heavy (non-hydrogen) atoms. The smallest absolute Gasteiger partial charge is 0.244 e. The largest absolute Gasteiger partial charge is 0.422 e. The lowest BCUT2D eigenvalue weighted by Gasteiger charge is -2.12. The second-order valence-electron chi connectivity index (χ2n) is 5.17. The first-order valence-electron chi connectivity index (χ1n) is 7.34. The molecule has 1 heterocycles. The molecule has 7 heteroatoms. The highest BCUT2D eigenvalue weighted by Gasteiger charge is 2.10. The topological polar surface area (TPSA) is 114 Å². The minimum atomic E-state index is 0.239. The van der Waals surface area contributed by atoms with Crippen LogP contribution in [0.15, 0.2) is 66.1 Å². The molecular formula is C17H18N6O. The zero-order chi connectivity index (χ0) is 16.9. The number of aromatic amines is 1. The Morgan fingerprint density at radius 1 is 1.25 bits per heavy atom. The van der Waals surface area contributed by atoms with E-state index in [0.29, 0.717) is 23.8 Å². The number of hydrogen-bond acceptors (Lipinski definition) is 6. The van der Waals surface area contributed by atoms with Crippen LogP contribution in [0.25, 0.3) is 10.9 Å². The van der Waals surface area contributed by atoms with Gasteiger partial charge in [0.25, 0.3) is 0 Å². The fraction of sp³-hybridized carbons (Fsp3) is 0.0588. The molecule has 0 aliphatic heterocycles. The van der Waals surface area contributed by atoms with Gasteiger partial charge in [0.05, 0.1) is 5.52 Å². The molecule has 0 saturated carbocycles. The molecule has 0 amide bonds. The predicted octanol–water partition coefficient (Wildman–Crippen LogP) is 2.04. The summed E-state index contributed by atoms with van der Waals surface area (Å²) in [4.78, 5) is 0. The number of nitrogens with one attached hydrogen (secondary N) is 2. The molecule has 0 spiro atoms. The van der Waals surface area contributed by atoms with Crippen molar-refractivity contribution in [3.63, 3.8) is 0 Å².